The van der Waals surface area contributed by atoms with Gasteiger partial charge < -0.3 is 14.2 Å². The van der Waals surface area contributed by atoms with Crippen molar-refractivity contribution in [2.24, 2.45) is 0 Å². The van der Waals surface area contributed by atoms with Crippen molar-refractivity contribution in [3.63, 3.8) is 0 Å². The van der Waals surface area contributed by atoms with E-state index in [9.17, 15) is 14.0 Å². The molecule has 156 valence electrons. The zero-order valence-electron chi connectivity index (χ0n) is 16.9. The Morgan fingerprint density at radius 3 is 2.72 bits per heavy atom. The van der Waals surface area contributed by atoms with Gasteiger partial charge in [-0.1, -0.05) is 12.1 Å². The van der Waals surface area contributed by atoms with Crippen molar-refractivity contribution in [3.8, 4) is 11.3 Å². The molecule has 2 aromatic rings. The molecule has 2 amide bonds. The molecule has 2 heterocycles. The fraction of sp³-hybridized carbons (Fsp3) is 0.476. The van der Waals surface area contributed by atoms with Crippen molar-refractivity contribution in [2.75, 3.05) is 46.8 Å². The molecular formula is C21H27FN4O3. The van der Waals surface area contributed by atoms with Crippen molar-refractivity contribution in [1.82, 2.24) is 19.7 Å². The maximum atomic E-state index is 13.9. The summed E-state index contributed by atoms with van der Waals surface area (Å²) in [5.74, 6) is 0.523. The van der Waals surface area contributed by atoms with Crippen LogP contribution in [0.5, 0.6) is 0 Å². The summed E-state index contributed by atoms with van der Waals surface area (Å²) in [6.45, 7) is 3.14. The van der Waals surface area contributed by atoms with Crippen molar-refractivity contribution >= 4 is 11.8 Å². The van der Waals surface area contributed by atoms with Crippen LogP contribution < -0.4 is 0 Å². The fourth-order valence-electron chi connectivity index (χ4n) is 3.29. The van der Waals surface area contributed by atoms with Crippen molar-refractivity contribution in [1.29, 1.82) is 0 Å². The Bertz CT molecular complexity index is 852. The first-order valence-electron chi connectivity index (χ1n) is 9.84. The van der Waals surface area contributed by atoms with E-state index in [0.29, 0.717) is 49.8 Å². The number of oxazole rings is 1. The molecule has 29 heavy (non-hydrogen) atoms. The lowest BCUT2D eigenvalue weighted by molar-refractivity contribution is -0.131. The lowest BCUT2D eigenvalue weighted by atomic mass is 10.2. The van der Waals surface area contributed by atoms with Crippen molar-refractivity contribution < 1.29 is 18.4 Å². The predicted octanol–water partition coefficient (Wildman–Crippen LogP) is 2.04. The van der Waals surface area contributed by atoms with Crippen molar-refractivity contribution in [3.05, 3.63) is 42.2 Å². The number of aromatic nitrogens is 1. The summed E-state index contributed by atoms with van der Waals surface area (Å²) in [7, 11) is 3.49. The van der Waals surface area contributed by atoms with Gasteiger partial charge in [-0.3, -0.25) is 14.5 Å². The highest BCUT2D eigenvalue weighted by Crippen LogP contribution is 2.23. The molecule has 1 fully saturated rings. The minimum Gasteiger partial charge on any atom is -0.441 e. The zero-order valence-corrected chi connectivity index (χ0v) is 16.9. The molecule has 1 saturated heterocycles. The van der Waals surface area contributed by atoms with Gasteiger partial charge in [0.25, 0.3) is 0 Å². The summed E-state index contributed by atoms with van der Waals surface area (Å²) in [5.41, 5.74) is 0.359. The Labute approximate surface area is 170 Å². The van der Waals surface area contributed by atoms with Crippen LogP contribution >= 0.6 is 0 Å². The van der Waals surface area contributed by atoms with Gasteiger partial charge in [-0.05, 0) is 18.6 Å². The van der Waals surface area contributed by atoms with E-state index < -0.39 is 0 Å². The molecule has 0 bridgehead atoms. The second-order valence-electron chi connectivity index (χ2n) is 7.40. The van der Waals surface area contributed by atoms with Gasteiger partial charge >= 0.3 is 0 Å². The third-order valence-corrected chi connectivity index (χ3v) is 5.04. The molecule has 1 aromatic heterocycles. The van der Waals surface area contributed by atoms with Crippen LogP contribution in [0.1, 0.15) is 18.7 Å². The predicted molar refractivity (Wildman–Crippen MR) is 107 cm³/mol. The number of carbonyl (C=O) groups excluding carboxylic acids is 2. The van der Waals surface area contributed by atoms with Crippen LogP contribution in [0, 0.1) is 5.82 Å². The van der Waals surface area contributed by atoms with Crippen LogP contribution in [0.3, 0.4) is 0 Å². The molecule has 7 nitrogen and oxygen atoms in total. The number of nitrogens with zero attached hydrogens (tertiary/aromatic N) is 4. The SMILES string of the molecule is CN(C)C(=O)CN1CCCN(C(=O)CCc2ncc(-c3ccccc3F)o2)CC1. The second-order valence-corrected chi connectivity index (χ2v) is 7.40. The van der Waals surface area contributed by atoms with Crippen LogP contribution in [0.2, 0.25) is 0 Å². The average molecular weight is 402 g/mol. The first kappa shape index (κ1) is 21.0. The van der Waals surface area contributed by atoms with E-state index >= 15 is 0 Å². The van der Waals surface area contributed by atoms with Crippen LogP contribution in [-0.4, -0.2) is 78.3 Å². The highest BCUT2D eigenvalue weighted by molar-refractivity contribution is 5.78. The van der Waals surface area contributed by atoms with E-state index in [-0.39, 0.29) is 24.1 Å². The van der Waals surface area contributed by atoms with Gasteiger partial charge in [-0.25, -0.2) is 9.37 Å². The average Bonchev–Trinajstić information content (AvgIpc) is 3.04. The Balaban J connectivity index is 1.50. The monoisotopic (exact) mass is 402 g/mol. The summed E-state index contributed by atoms with van der Waals surface area (Å²) in [6, 6.07) is 6.36. The van der Waals surface area contributed by atoms with E-state index in [0.717, 1.165) is 13.0 Å². The van der Waals surface area contributed by atoms with Gasteiger partial charge in [0.05, 0.1) is 18.3 Å². The summed E-state index contributed by atoms with van der Waals surface area (Å²) >= 11 is 0. The van der Waals surface area contributed by atoms with Crippen LogP contribution in [-0.2, 0) is 16.0 Å². The number of rotatable bonds is 6. The van der Waals surface area contributed by atoms with Gasteiger partial charge in [0, 0.05) is 53.1 Å². The van der Waals surface area contributed by atoms with E-state index in [1.54, 1.807) is 37.2 Å². The van der Waals surface area contributed by atoms with Crippen LogP contribution in [0.4, 0.5) is 4.39 Å². The summed E-state index contributed by atoms with van der Waals surface area (Å²) in [5, 5.41) is 0. The molecule has 0 atom stereocenters. The molecule has 3 rings (SSSR count). The number of hydrogen-bond donors (Lipinski definition) is 0. The number of hydrogen-bond acceptors (Lipinski definition) is 5. The van der Waals surface area contributed by atoms with E-state index in [1.165, 1.54) is 12.3 Å². The number of halogens is 1. The zero-order chi connectivity index (χ0) is 20.8. The maximum absolute atomic E-state index is 13.9. The molecule has 0 aliphatic carbocycles. The number of likely N-dealkylation sites (N-methyl/N-ethyl adjacent to an activating group) is 1. The smallest absolute Gasteiger partial charge is 0.236 e. The summed E-state index contributed by atoms with van der Waals surface area (Å²) in [4.78, 5) is 34.2. The van der Waals surface area contributed by atoms with Crippen molar-refractivity contribution in [2.45, 2.75) is 19.3 Å². The Morgan fingerprint density at radius 1 is 1.17 bits per heavy atom. The van der Waals surface area contributed by atoms with Gasteiger partial charge in [0.2, 0.25) is 11.8 Å². The second kappa shape index (κ2) is 9.65. The van der Waals surface area contributed by atoms with E-state index in [2.05, 4.69) is 9.88 Å². The van der Waals surface area contributed by atoms with Gasteiger partial charge in [0.1, 0.15) is 5.82 Å². The summed E-state index contributed by atoms with van der Waals surface area (Å²) < 4.78 is 19.5. The largest absolute Gasteiger partial charge is 0.441 e. The minimum absolute atomic E-state index is 0.0384. The molecule has 0 radical (unpaired) electrons. The molecular weight excluding hydrogens is 375 g/mol. The Morgan fingerprint density at radius 2 is 1.97 bits per heavy atom. The third-order valence-electron chi connectivity index (χ3n) is 5.04. The lowest BCUT2D eigenvalue weighted by Gasteiger charge is -2.22. The maximum Gasteiger partial charge on any atom is 0.236 e. The number of benzene rings is 1. The first-order chi connectivity index (χ1) is 13.9. The van der Waals surface area contributed by atoms with E-state index in [1.807, 2.05) is 4.90 Å². The number of carbonyl (C=O) groups is 2. The molecule has 8 heteroatoms. The van der Waals surface area contributed by atoms with Gasteiger partial charge in [-0.2, -0.15) is 0 Å². The van der Waals surface area contributed by atoms with Crippen LogP contribution in [0.25, 0.3) is 11.3 Å². The standard InChI is InChI=1S/C21H27FN4O3/c1-24(2)21(28)15-25-10-5-11-26(13-12-25)20(27)9-8-19-23-14-18(29-19)16-6-3-4-7-17(16)22/h3-4,6-7,14H,5,8-13,15H2,1-2H3. The molecule has 0 spiro atoms. The van der Waals surface area contributed by atoms with E-state index in [4.69, 9.17) is 4.42 Å². The third kappa shape index (κ3) is 5.63. The molecule has 1 aliphatic rings. The highest BCUT2D eigenvalue weighted by atomic mass is 19.1. The summed E-state index contributed by atoms with van der Waals surface area (Å²) in [6.07, 6.45) is 2.98. The fourth-order valence-corrected chi connectivity index (χ4v) is 3.29. The molecule has 0 saturated carbocycles. The highest BCUT2D eigenvalue weighted by Gasteiger charge is 2.21. The minimum atomic E-state index is -0.367. The Kier molecular flexibility index (Phi) is 6.98. The molecule has 1 aliphatic heterocycles. The van der Waals surface area contributed by atoms with Crippen LogP contribution in [0.15, 0.2) is 34.9 Å². The number of amides is 2. The molecule has 1 aromatic carbocycles. The topological polar surface area (TPSA) is 69.9 Å². The number of aryl methyl sites for hydroxylation is 1. The normalized spacial score (nSPS) is 15.2. The van der Waals surface area contributed by atoms with Gasteiger partial charge in [0.15, 0.2) is 11.7 Å². The first-order valence-corrected chi connectivity index (χ1v) is 9.84. The van der Waals surface area contributed by atoms with Gasteiger partial charge in [-0.15, -0.1) is 0 Å². The molecule has 0 N–H and O–H groups in total. The Hall–Kier alpha value is -2.74. The quantitative estimate of drug-likeness (QED) is 0.740. The lowest BCUT2D eigenvalue weighted by Crippen LogP contribution is -2.39. The molecule has 0 unspecified atom stereocenters.